The third kappa shape index (κ3) is 4.50. The number of ketones is 1. The third-order valence-electron chi connectivity index (χ3n) is 4.77. The molecule has 176 valence electrons. The lowest BCUT2D eigenvalue weighted by Crippen LogP contribution is -2.15. The number of nitrogens with zero attached hydrogens (tertiary/aromatic N) is 2. The van der Waals surface area contributed by atoms with Gasteiger partial charge in [-0.05, 0) is 35.9 Å². The van der Waals surface area contributed by atoms with Crippen LogP contribution in [-0.2, 0) is 20.0 Å². The highest BCUT2D eigenvalue weighted by atomic mass is 32.2. The monoisotopic (exact) mass is 507 g/mol. The summed E-state index contributed by atoms with van der Waals surface area (Å²) in [6.45, 7) is 0. The highest BCUT2D eigenvalue weighted by Crippen LogP contribution is 2.29. The van der Waals surface area contributed by atoms with E-state index in [1.807, 2.05) is 4.72 Å². The van der Waals surface area contributed by atoms with Crippen molar-refractivity contribution in [3.05, 3.63) is 71.6 Å². The number of nitrogens with two attached hydrogens (primary N) is 1. The summed E-state index contributed by atoms with van der Waals surface area (Å²) in [5.41, 5.74) is -0.790. The number of rotatable bonds is 6. The normalized spacial score (nSPS) is 12.1. The van der Waals surface area contributed by atoms with E-state index in [1.165, 1.54) is 36.5 Å². The Kier molecular flexibility index (Phi) is 5.67. The first-order valence-electron chi connectivity index (χ1n) is 9.33. The van der Waals surface area contributed by atoms with Crippen LogP contribution in [0.15, 0.2) is 53.6 Å². The smallest absolute Gasteiger partial charge is 0.238 e. The lowest BCUT2D eigenvalue weighted by atomic mass is 10.0. The summed E-state index contributed by atoms with van der Waals surface area (Å²) in [6, 6.07) is 8.65. The molecule has 0 aliphatic carbocycles. The fourth-order valence-corrected chi connectivity index (χ4v) is 4.30. The van der Waals surface area contributed by atoms with E-state index in [-0.39, 0.29) is 21.6 Å². The predicted molar refractivity (Wildman–Crippen MR) is 119 cm³/mol. The molecule has 0 saturated heterocycles. The Balaban J connectivity index is 1.79. The molecule has 0 aliphatic heterocycles. The number of carbonyl (C=O) groups is 1. The van der Waals surface area contributed by atoms with Crippen molar-refractivity contribution < 1.29 is 30.4 Å². The zero-order valence-corrected chi connectivity index (χ0v) is 18.8. The fraction of sp³-hybridized carbons (Fsp3) is 0.0500. The van der Waals surface area contributed by atoms with Gasteiger partial charge in [0.05, 0.1) is 27.8 Å². The van der Waals surface area contributed by atoms with E-state index in [0.29, 0.717) is 11.1 Å². The summed E-state index contributed by atoms with van der Waals surface area (Å²) < 4.78 is 77.0. The Hall–Kier alpha value is -3.75. The van der Waals surface area contributed by atoms with Crippen LogP contribution in [-0.4, -0.2) is 44.1 Å². The van der Waals surface area contributed by atoms with Crippen molar-refractivity contribution in [2.24, 2.45) is 5.14 Å². The van der Waals surface area contributed by atoms with E-state index in [0.717, 1.165) is 18.4 Å². The van der Waals surface area contributed by atoms with Gasteiger partial charge in [0.25, 0.3) is 0 Å². The van der Waals surface area contributed by atoms with Gasteiger partial charge < -0.3 is 0 Å². The molecule has 0 unspecified atom stereocenters. The molecule has 4 N–H and O–H groups in total. The molecule has 14 heteroatoms. The van der Waals surface area contributed by atoms with Crippen molar-refractivity contribution in [3.63, 3.8) is 0 Å². The molecule has 0 fully saturated rings. The van der Waals surface area contributed by atoms with Crippen LogP contribution in [0.5, 0.6) is 0 Å². The molecule has 0 aliphatic rings. The van der Waals surface area contributed by atoms with Gasteiger partial charge in [0.15, 0.2) is 11.5 Å². The average molecular weight is 508 g/mol. The number of hydrogen-bond acceptors (Lipinski definition) is 7. The van der Waals surface area contributed by atoms with Gasteiger partial charge in [-0.15, -0.1) is 0 Å². The molecule has 0 spiro atoms. The van der Waals surface area contributed by atoms with Crippen molar-refractivity contribution in [1.82, 2.24) is 15.2 Å². The summed E-state index contributed by atoms with van der Waals surface area (Å²) in [4.78, 5) is 17.1. The number of anilines is 1. The second-order valence-electron chi connectivity index (χ2n) is 7.25. The number of carbonyl (C=O) groups excluding carboxylic acids is 1. The SMILES string of the molecule is CS(=O)(=O)Nc1ccc(F)c(C(=O)c2[nH]nc3ncc(-c4ccc(S(N)(=O)=O)cc4)cc23)c1F. The summed E-state index contributed by atoms with van der Waals surface area (Å²) >= 11 is 0. The largest absolute Gasteiger partial charge is 0.287 e. The first-order valence-corrected chi connectivity index (χ1v) is 12.8. The van der Waals surface area contributed by atoms with Gasteiger partial charge in [0.1, 0.15) is 11.5 Å². The van der Waals surface area contributed by atoms with Gasteiger partial charge in [-0.1, -0.05) is 12.1 Å². The van der Waals surface area contributed by atoms with Crippen molar-refractivity contribution >= 4 is 42.6 Å². The van der Waals surface area contributed by atoms with Crippen molar-refractivity contribution in [3.8, 4) is 11.1 Å². The molecule has 0 radical (unpaired) electrons. The molecule has 2 heterocycles. The maximum Gasteiger partial charge on any atom is 0.238 e. The topological polar surface area (TPSA) is 165 Å². The number of H-pyrrole nitrogens is 1. The molecular formula is C20H15F2N5O5S2. The van der Waals surface area contributed by atoms with E-state index in [9.17, 15) is 30.4 Å². The van der Waals surface area contributed by atoms with Crippen LogP contribution in [0.1, 0.15) is 16.1 Å². The summed E-state index contributed by atoms with van der Waals surface area (Å²) in [7, 11) is -7.78. The second-order valence-corrected chi connectivity index (χ2v) is 10.6. The molecule has 4 rings (SSSR count). The quantitative estimate of drug-likeness (QED) is 0.336. The number of pyridine rings is 1. The summed E-state index contributed by atoms with van der Waals surface area (Å²) in [5.74, 6) is -3.70. The van der Waals surface area contributed by atoms with Gasteiger partial charge in [-0.3, -0.25) is 14.6 Å². The van der Waals surface area contributed by atoms with E-state index >= 15 is 0 Å². The van der Waals surface area contributed by atoms with E-state index < -0.39 is 48.7 Å². The van der Waals surface area contributed by atoms with Crippen molar-refractivity contribution in [1.29, 1.82) is 0 Å². The van der Waals surface area contributed by atoms with Crippen molar-refractivity contribution in [2.75, 3.05) is 11.0 Å². The fourth-order valence-electron chi connectivity index (χ4n) is 3.23. The van der Waals surface area contributed by atoms with Crippen LogP contribution in [0.25, 0.3) is 22.2 Å². The molecule has 10 nitrogen and oxygen atoms in total. The molecule has 0 saturated carbocycles. The third-order valence-corrected chi connectivity index (χ3v) is 6.29. The van der Waals surface area contributed by atoms with Crippen LogP contribution in [0.3, 0.4) is 0 Å². The van der Waals surface area contributed by atoms with Crippen LogP contribution < -0.4 is 9.86 Å². The molecular weight excluding hydrogens is 492 g/mol. The number of aromatic nitrogens is 3. The van der Waals surface area contributed by atoms with Gasteiger partial charge >= 0.3 is 0 Å². The minimum absolute atomic E-state index is 0.0829. The maximum atomic E-state index is 14.9. The van der Waals surface area contributed by atoms with Crippen LogP contribution in [0, 0.1) is 11.6 Å². The highest BCUT2D eigenvalue weighted by Gasteiger charge is 2.26. The number of primary sulfonamides is 1. The van der Waals surface area contributed by atoms with Crippen molar-refractivity contribution in [2.45, 2.75) is 4.90 Å². The van der Waals surface area contributed by atoms with E-state index in [1.54, 1.807) is 0 Å². The Morgan fingerprint density at radius 2 is 1.71 bits per heavy atom. The zero-order chi connectivity index (χ0) is 24.8. The van der Waals surface area contributed by atoms with E-state index in [2.05, 4.69) is 15.2 Å². The molecule has 34 heavy (non-hydrogen) atoms. The van der Waals surface area contributed by atoms with Crippen LogP contribution >= 0.6 is 0 Å². The van der Waals surface area contributed by atoms with E-state index in [4.69, 9.17) is 5.14 Å². The summed E-state index contributed by atoms with van der Waals surface area (Å²) in [5, 5.41) is 11.5. The Morgan fingerprint density at radius 3 is 2.32 bits per heavy atom. The minimum atomic E-state index is -3.89. The van der Waals surface area contributed by atoms with Gasteiger partial charge in [-0.25, -0.2) is 35.7 Å². The molecule has 0 atom stereocenters. The number of benzene rings is 2. The van der Waals surface area contributed by atoms with Crippen LogP contribution in [0.2, 0.25) is 0 Å². The molecule has 0 bridgehead atoms. The molecule has 4 aromatic rings. The number of aromatic amines is 1. The lowest BCUT2D eigenvalue weighted by Gasteiger charge is -2.09. The Labute approximate surface area is 191 Å². The Bertz CT molecular complexity index is 1670. The first kappa shape index (κ1) is 23.4. The molecule has 0 amide bonds. The summed E-state index contributed by atoms with van der Waals surface area (Å²) in [6.07, 6.45) is 2.20. The zero-order valence-electron chi connectivity index (χ0n) is 17.2. The average Bonchev–Trinajstić information content (AvgIpc) is 3.18. The van der Waals surface area contributed by atoms with Crippen LogP contribution in [0.4, 0.5) is 14.5 Å². The number of halogens is 2. The standard InChI is InChI=1S/C20H15F2N5O5S2/c1-33(29,30)27-15-7-6-14(21)16(17(15)22)19(28)18-13-8-11(9-24-20(13)26-25-18)10-2-4-12(5-3-10)34(23,31)32/h2-9,27H,1H3,(H2,23,31,32)(H,24,25,26). The number of sulfonamides is 2. The number of fused-ring (bicyclic) bond motifs is 1. The second kappa shape index (κ2) is 8.23. The Morgan fingerprint density at radius 1 is 1.03 bits per heavy atom. The first-order chi connectivity index (χ1) is 15.8. The maximum absolute atomic E-state index is 14.9. The molecule has 2 aromatic carbocycles. The molecule has 2 aromatic heterocycles. The van der Waals surface area contributed by atoms with Gasteiger partial charge in [0, 0.05) is 11.8 Å². The lowest BCUT2D eigenvalue weighted by molar-refractivity contribution is 0.102. The highest BCUT2D eigenvalue weighted by molar-refractivity contribution is 7.92. The van der Waals surface area contributed by atoms with Gasteiger partial charge in [0.2, 0.25) is 25.8 Å². The number of hydrogen-bond donors (Lipinski definition) is 3. The number of nitrogens with one attached hydrogen (secondary N) is 2. The predicted octanol–water partition coefficient (Wildman–Crippen LogP) is 2.15. The minimum Gasteiger partial charge on any atom is -0.287 e. The van der Waals surface area contributed by atoms with Gasteiger partial charge in [-0.2, -0.15) is 5.10 Å².